The highest BCUT2D eigenvalue weighted by molar-refractivity contribution is 7.94. The van der Waals surface area contributed by atoms with Gasteiger partial charge >= 0.3 is 10.4 Å². The first-order chi connectivity index (χ1) is 29.9. The van der Waals surface area contributed by atoms with E-state index in [2.05, 4.69) is 53.6 Å². The average Bonchev–Trinajstić information content (AvgIpc) is 3.21. The first-order valence-electron chi connectivity index (χ1n) is 16.1. The van der Waals surface area contributed by atoms with E-state index in [1.165, 1.54) is 0 Å². The fourth-order valence-corrected chi connectivity index (χ4v) is 9.20. The van der Waals surface area contributed by atoms with E-state index in [4.69, 9.17) is 30.7 Å². The summed E-state index contributed by atoms with van der Waals surface area (Å²) in [6.07, 6.45) is 0. The number of azo groups is 3. The van der Waals surface area contributed by atoms with Crippen molar-refractivity contribution in [3.63, 3.8) is 0 Å². The SMILES string of the molecule is Nc1c(/N=N/c2cc(SOOO)ccc2S(=O)(=O)O)cc(/N=N/c2ccc(S(=O)(=O)CCOSOOO)cc2S(=O)(=O)O)c(N)c1/N=N/c1ccc(S(=O)(=O)CCOS(=O)(=O)O)cc1. The van der Waals surface area contributed by atoms with Crippen molar-refractivity contribution in [2.45, 2.75) is 24.5 Å². The van der Waals surface area contributed by atoms with Crippen molar-refractivity contribution in [3.8, 4) is 0 Å². The standard InChI is InChI=1S/C28H28N8O21S7/c29-26-22(34-32-20-7-6-19(14-25(20)63(46,47)48)61(41,42)11-9-52-59-57-55-38)15-23(35-33-21-13-17(58-56-54-37)3-8-24(21)62(43,44)45)27(30)28(26)36-31-16-1-4-18(5-2-16)60(39,40)12-10-53-64(49,50)51/h1-8,13-15,37-38H,9-12,29-30H2,(H,43,44,45)(H,46,47,48)(H,49,50,51)/b34-32+,35-33+,36-31+. The summed E-state index contributed by atoms with van der Waals surface area (Å²) in [6.45, 7) is -1.45. The van der Waals surface area contributed by atoms with Crippen molar-refractivity contribution in [1.82, 2.24) is 0 Å². The van der Waals surface area contributed by atoms with Crippen molar-refractivity contribution >= 4 is 120 Å². The zero-order chi connectivity index (χ0) is 47.5. The molecule has 29 nitrogen and oxygen atoms in total. The van der Waals surface area contributed by atoms with Gasteiger partial charge in [-0.25, -0.2) is 31.5 Å². The molecule has 36 heteroatoms. The highest BCUT2D eigenvalue weighted by Gasteiger charge is 2.24. The number of nitrogens with zero attached hydrogens (tertiary/aromatic N) is 6. The van der Waals surface area contributed by atoms with Gasteiger partial charge in [0.15, 0.2) is 32.0 Å². The van der Waals surface area contributed by atoms with E-state index >= 15 is 0 Å². The van der Waals surface area contributed by atoms with Crippen LogP contribution in [0.5, 0.6) is 0 Å². The van der Waals surface area contributed by atoms with Gasteiger partial charge in [-0.2, -0.15) is 30.4 Å². The number of hydrogen-bond donors (Lipinski definition) is 7. The number of anilines is 2. The Morgan fingerprint density at radius 3 is 1.67 bits per heavy atom. The van der Waals surface area contributed by atoms with E-state index in [0.29, 0.717) is 18.1 Å². The molecular formula is C28H28N8O21S7. The first-order valence-corrected chi connectivity index (χ1v) is 25.1. The van der Waals surface area contributed by atoms with Crippen LogP contribution in [-0.2, 0) is 77.4 Å². The van der Waals surface area contributed by atoms with Gasteiger partial charge in [-0.3, -0.25) is 17.8 Å². The van der Waals surface area contributed by atoms with Gasteiger partial charge in [-0.15, -0.1) is 34.2 Å². The van der Waals surface area contributed by atoms with Crippen molar-refractivity contribution in [3.05, 3.63) is 66.7 Å². The quantitative estimate of drug-likeness (QED) is 0.00931. The van der Waals surface area contributed by atoms with Gasteiger partial charge in [0, 0.05) is 4.90 Å². The number of sulfone groups is 2. The molecule has 4 rings (SSSR count). The zero-order valence-corrected chi connectivity index (χ0v) is 36.9. The molecular weight excluding hydrogens is 1010 g/mol. The molecule has 0 unspecified atom stereocenters. The van der Waals surface area contributed by atoms with Crippen molar-refractivity contribution < 1.29 is 93.4 Å². The molecule has 348 valence electrons. The Hall–Kier alpha value is -4.71. The lowest BCUT2D eigenvalue weighted by Crippen LogP contribution is -2.15. The Morgan fingerprint density at radius 1 is 0.547 bits per heavy atom. The molecule has 0 aliphatic rings. The maximum Gasteiger partial charge on any atom is 0.397 e. The molecule has 0 bridgehead atoms. The Labute approximate surface area is 369 Å². The maximum absolute atomic E-state index is 12.8. The maximum atomic E-state index is 12.8. The lowest BCUT2D eigenvalue weighted by atomic mass is 10.2. The van der Waals surface area contributed by atoms with E-state index in [1.807, 2.05) is 0 Å². The zero-order valence-electron chi connectivity index (χ0n) is 31.1. The molecule has 0 aliphatic carbocycles. The van der Waals surface area contributed by atoms with Crippen molar-refractivity contribution in [2.24, 2.45) is 30.7 Å². The van der Waals surface area contributed by atoms with Crippen LogP contribution in [0.3, 0.4) is 0 Å². The fraction of sp³-hybridized carbons (Fsp3) is 0.143. The summed E-state index contributed by atoms with van der Waals surface area (Å²) in [6, 6.07) is 10.8. The topological polar surface area (TPSA) is 453 Å². The molecule has 0 aliphatic heterocycles. The first kappa shape index (κ1) is 51.9. The largest absolute Gasteiger partial charge is 0.397 e. The minimum Gasteiger partial charge on any atom is -0.395 e. The third-order valence-electron chi connectivity index (χ3n) is 7.39. The molecule has 0 saturated carbocycles. The fourth-order valence-electron chi connectivity index (χ4n) is 4.56. The van der Waals surface area contributed by atoms with E-state index in [9.17, 15) is 51.2 Å². The minimum atomic E-state index is -5.23. The van der Waals surface area contributed by atoms with E-state index < -0.39 is 130 Å². The Balaban J connectivity index is 1.83. The smallest absolute Gasteiger partial charge is 0.395 e. The van der Waals surface area contributed by atoms with Gasteiger partial charge < -0.3 is 11.5 Å². The number of nitrogens with two attached hydrogens (primary N) is 2. The molecule has 0 heterocycles. The summed E-state index contributed by atoms with van der Waals surface area (Å²) in [5.41, 5.74) is 9.17. The van der Waals surface area contributed by atoms with Gasteiger partial charge in [-0.05, 0) is 66.7 Å². The second-order valence-electron chi connectivity index (χ2n) is 11.5. The summed E-state index contributed by atoms with van der Waals surface area (Å²) < 4.78 is 167. The molecule has 0 spiro atoms. The van der Waals surface area contributed by atoms with Crippen LogP contribution in [0.15, 0.2) is 122 Å². The van der Waals surface area contributed by atoms with Crippen LogP contribution in [0.2, 0.25) is 0 Å². The van der Waals surface area contributed by atoms with Crippen LogP contribution < -0.4 is 11.5 Å². The molecule has 0 aromatic heterocycles. The van der Waals surface area contributed by atoms with E-state index in [-0.39, 0.29) is 27.8 Å². The molecule has 0 amide bonds. The Bertz CT molecular complexity index is 3010. The summed E-state index contributed by atoms with van der Waals surface area (Å²) in [5, 5.41) is 46.8. The highest BCUT2D eigenvalue weighted by Crippen LogP contribution is 2.46. The van der Waals surface area contributed by atoms with Crippen LogP contribution in [0, 0.1) is 0 Å². The highest BCUT2D eigenvalue weighted by atomic mass is 32.3. The van der Waals surface area contributed by atoms with Crippen molar-refractivity contribution in [2.75, 3.05) is 36.2 Å². The molecule has 0 atom stereocenters. The number of nitrogen functional groups attached to an aromatic ring is 2. The molecule has 9 N–H and O–H groups in total. The van der Waals surface area contributed by atoms with Crippen molar-refractivity contribution in [1.29, 1.82) is 0 Å². The predicted octanol–water partition coefficient (Wildman–Crippen LogP) is 5.39. The van der Waals surface area contributed by atoms with Gasteiger partial charge in [0.25, 0.3) is 20.2 Å². The van der Waals surface area contributed by atoms with Crippen LogP contribution in [0.1, 0.15) is 0 Å². The molecule has 0 radical (unpaired) electrons. The van der Waals surface area contributed by atoms with Crippen LogP contribution in [-0.4, -0.2) is 91.0 Å². The Morgan fingerprint density at radius 2 is 1.09 bits per heavy atom. The molecule has 64 heavy (non-hydrogen) atoms. The van der Waals surface area contributed by atoms with Crippen LogP contribution in [0.4, 0.5) is 45.5 Å². The van der Waals surface area contributed by atoms with E-state index in [1.54, 1.807) is 0 Å². The molecule has 0 saturated heterocycles. The molecule has 0 fully saturated rings. The van der Waals surface area contributed by atoms with Crippen LogP contribution >= 0.6 is 24.4 Å². The molecule has 4 aromatic rings. The van der Waals surface area contributed by atoms with Gasteiger partial charge in [-0.1, -0.05) is 10.1 Å². The predicted molar refractivity (Wildman–Crippen MR) is 217 cm³/mol. The van der Waals surface area contributed by atoms with Gasteiger partial charge in [0.05, 0.1) is 63.6 Å². The number of benzene rings is 4. The molecule has 4 aromatic carbocycles. The minimum absolute atomic E-state index is 0.0472. The Kier molecular flexibility index (Phi) is 17.8. The normalized spacial score (nSPS) is 13.1. The third kappa shape index (κ3) is 14.9. The average molecular weight is 1040 g/mol. The summed E-state index contributed by atoms with van der Waals surface area (Å²) >= 11 is 0.459. The van der Waals surface area contributed by atoms with Gasteiger partial charge in [0.1, 0.15) is 38.2 Å². The summed E-state index contributed by atoms with van der Waals surface area (Å²) in [4.78, 5) is -2.72. The second-order valence-corrected chi connectivity index (χ2v) is 20.9. The number of hydrogen-bond acceptors (Lipinski definition) is 28. The summed E-state index contributed by atoms with van der Waals surface area (Å²) in [7, 11) is -23.5. The van der Waals surface area contributed by atoms with E-state index in [0.717, 1.165) is 60.7 Å². The lowest BCUT2D eigenvalue weighted by Gasteiger charge is -2.10. The van der Waals surface area contributed by atoms with Crippen LogP contribution in [0.25, 0.3) is 0 Å². The number of rotatable bonds is 23. The summed E-state index contributed by atoms with van der Waals surface area (Å²) in [5.74, 6) is -1.60. The van der Waals surface area contributed by atoms with Gasteiger partial charge in [0.2, 0.25) is 0 Å². The lowest BCUT2D eigenvalue weighted by molar-refractivity contribution is -0.434. The monoisotopic (exact) mass is 1040 g/mol. The second kappa shape index (κ2) is 22.0. The third-order valence-corrected chi connectivity index (χ3v) is 14.0.